The Morgan fingerprint density at radius 3 is 3.00 bits per heavy atom. The lowest BCUT2D eigenvalue weighted by atomic mass is 10.1. The van der Waals surface area contributed by atoms with Crippen LogP contribution in [-0.4, -0.2) is 34.3 Å². The predicted octanol–water partition coefficient (Wildman–Crippen LogP) is 2.27. The summed E-state index contributed by atoms with van der Waals surface area (Å²) in [7, 11) is 0. The molecule has 0 spiro atoms. The number of hydrogen-bond acceptors (Lipinski definition) is 5. The summed E-state index contributed by atoms with van der Waals surface area (Å²) >= 11 is 1.72. The first-order chi connectivity index (χ1) is 8.66. The van der Waals surface area contributed by atoms with Crippen LogP contribution in [-0.2, 0) is 0 Å². The van der Waals surface area contributed by atoms with Crippen molar-refractivity contribution in [2.45, 2.75) is 32.8 Å². The van der Waals surface area contributed by atoms with E-state index in [0.717, 1.165) is 35.4 Å². The summed E-state index contributed by atoms with van der Waals surface area (Å²) in [5.41, 5.74) is 1.27. The summed E-state index contributed by atoms with van der Waals surface area (Å²) in [5.74, 6) is 0.987. The molecule has 1 N–H and O–H groups in total. The Bertz CT molecular complexity index is 581. The van der Waals surface area contributed by atoms with Crippen molar-refractivity contribution >= 4 is 27.4 Å². The molecule has 2 aromatic rings. The number of β-amino-alcohol motifs (C(OH)–C–C–N with tert-alkyl or cyclic N) is 1. The van der Waals surface area contributed by atoms with E-state index in [1.165, 1.54) is 10.4 Å². The van der Waals surface area contributed by atoms with Crippen LogP contribution in [0, 0.1) is 13.8 Å². The highest BCUT2D eigenvalue weighted by atomic mass is 32.1. The lowest BCUT2D eigenvalue weighted by Gasteiger charge is -2.31. The van der Waals surface area contributed by atoms with E-state index >= 15 is 0 Å². The van der Waals surface area contributed by atoms with Gasteiger partial charge in [-0.25, -0.2) is 9.97 Å². The Morgan fingerprint density at radius 1 is 1.39 bits per heavy atom. The standard InChI is InChI=1S/C13H17N3OS/c1-8-9(2)18-13-11(8)12(14-7-15-13)16-5-3-4-10(17)6-16/h7,10,17H,3-6H2,1-2H3/t10-/m1/s1. The molecule has 1 atom stereocenters. The maximum Gasteiger partial charge on any atom is 0.141 e. The van der Waals surface area contributed by atoms with Crippen molar-refractivity contribution in [3.63, 3.8) is 0 Å². The summed E-state index contributed by atoms with van der Waals surface area (Å²) in [5, 5.41) is 11.0. The zero-order chi connectivity index (χ0) is 12.7. The van der Waals surface area contributed by atoms with Crippen LogP contribution in [0.1, 0.15) is 23.3 Å². The zero-order valence-electron chi connectivity index (χ0n) is 10.7. The number of nitrogens with zero attached hydrogens (tertiary/aromatic N) is 3. The third-order valence-corrected chi connectivity index (χ3v) is 4.76. The summed E-state index contributed by atoms with van der Waals surface area (Å²) in [4.78, 5) is 13.3. The molecule has 3 heterocycles. The Balaban J connectivity index is 2.10. The van der Waals surface area contributed by atoms with Crippen LogP contribution in [0.2, 0.25) is 0 Å². The molecule has 2 aromatic heterocycles. The molecule has 96 valence electrons. The van der Waals surface area contributed by atoms with E-state index in [0.29, 0.717) is 6.54 Å². The number of aromatic nitrogens is 2. The van der Waals surface area contributed by atoms with E-state index in [9.17, 15) is 5.11 Å². The molecule has 1 saturated heterocycles. The average molecular weight is 263 g/mol. The van der Waals surface area contributed by atoms with Gasteiger partial charge in [-0.15, -0.1) is 11.3 Å². The first-order valence-corrected chi connectivity index (χ1v) is 7.12. The third kappa shape index (κ3) is 1.87. The Morgan fingerprint density at radius 2 is 2.22 bits per heavy atom. The van der Waals surface area contributed by atoms with Gasteiger partial charge in [0.2, 0.25) is 0 Å². The van der Waals surface area contributed by atoms with Crippen molar-refractivity contribution in [2.24, 2.45) is 0 Å². The number of rotatable bonds is 1. The van der Waals surface area contributed by atoms with Crippen molar-refractivity contribution < 1.29 is 5.11 Å². The largest absolute Gasteiger partial charge is 0.391 e. The van der Waals surface area contributed by atoms with E-state index in [-0.39, 0.29) is 6.10 Å². The number of aliphatic hydroxyl groups is 1. The summed E-state index contributed by atoms with van der Waals surface area (Å²) in [6, 6.07) is 0. The zero-order valence-corrected chi connectivity index (χ0v) is 11.5. The van der Waals surface area contributed by atoms with Gasteiger partial charge in [-0.3, -0.25) is 0 Å². The van der Waals surface area contributed by atoms with E-state index < -0.39 is 0 Å². The number of aryl methyl sites for hydroxylation is 2. The minimum Gasteiger partial charge on any atom is -0.391 e. The van der Waals surface area contributed by atoms with Crippen LogP contribution in [0.25, 0.3) is 10.2 Å². The van der Waals surface area contributed by atoms with Gasteiger partial charge in [0.25, 0.3) is 0 Å². The van der Waals surface area contributed by atoms with E-state index in [1.54, 1.807) is 17.7 Å². The molecule has 0 amide bonds. The van der Waals surface area contributed by atoms with Crippen LogP contribution >= 0.6 is 11.3 Å². The molecule has 18 heavy (non-hydrogen) atoms. The molecular weight excluding hydrogens is 246 g/mol. The second-order valence-corrected chi connectivity index (χ2v) is 6.11. The van der Waals surface area contributed by atoms with Crippen LogP contribution in [0.5, 0.6) is 0 Å². The highest BCUT2D eigenvalue weighted by molar-refractivity contribution is 7.18. The van der Waals surface area contributed by atoms with Crippen LogP contribution in [0.4, 0.5) is 5.82 Å². The van der Waals surface area contributed by atoms with Gasteiger partial charge in [0.1, 0.15) is 17.0 Å². The molecule has 4 nitrogen and oxygen atoms in total. The van der Waals surface area contributed by atoms with Crippen molar-refractivity contribution in [1.29, 1.82) is 0 Å². The molecule has 5 heteroatoms. The Kier molecular flexibility index (Phi) is 2.95. The number of hydrogen-bond donors (Lipinski definition) is 1. The second kappa shape index (κ2) is 4.48. The average Bonchev–Trinajstić information content (AvgIpc) is 2.65. The van der Waals surface area contributed by atoms with Crippen LogP contribution in [0.3, 0.4) is 0 Å². The van der Waals surface area contributed by atoms with Crippen molar-refractivity contribution in [3.8, 4) is 0 Å². The number of piperidine rings is 1. The first kappa shape index (κ1) is 11.9. The topological polar surface area (TPSA) is 49.2 Å². The quantitative estimate of drug-likeness (QED) is 0.857. The third-order valence-electron chi connectivity index (χ3n) is 3.64. The van der Waals surface area contributed by atoms with Gasteiger partial charge in [0.15, 0.2) is 0 Å². The maximum atomic E-state index is 9.81. The van der Waals surface area contributed by atoms with E-state index in [1.807, 2.05) is 0 Å². The SMILES string of the molecule is Cc1sc2ncnc(N3CCC[C@@H](O)C3)c2c1C. The fourth-order valence-electron chi connectivity index (χ4n) is 2.55. The number of fused-ring (bicyclic) bond motifs is 1. The van der Waals surface area contributed by atoms with Gasteiger partial charge in [-0.1, -0.05) is 0 Å². The highest BCUT2D eigenvalue weighted by Gasteiger charge is 2.22. The van der Waals surface area contributed by atoms with Crippen molar-refractivity contribution in [2.75, 3.05) is 18.0 Å². The van der Waals surface area contributed by atoms with Gasteiger partial charge in [-0.2, -0.15) is 0 Å². The predicted molar refractivity (Wildman–Crippen MR) is 74.3 cm³/mol. The van der Waals surface area contributed by atoms with Gasteiger partial charge in [0, 0.05) is 18.0 Å². The molecule has 0 aromatic carbocycles. The van der Waals surface area contributed by atoms with E-state index in [2.05, 4.69) is 28.7 Å². The Hall–Kier alpha value is -1.20. The van der Waals surface area contributed by atoms with Crippen molar-refractivity contribution in [1.82, 2.24) is 9.97 Å². The fraction of sp³-hybridized carbons (Fsp3) is 0.538. The smallest absolute Gasteiger partial charge is 0.141 e. The lowest BCUT2D eigenvalue weighted by molar-refractivity contribution is 0.154. The van der Waals surface area contributed by atoms with Crippen molar-refractivity contribution in [3.05, 3.63) is 16.8 Å². The minimum atomic E-state index is -0.233. The summed E-state index contributed by atoms with van der Waals surface area (Å²) in [6.45, 7) is 5.90. The molecule has 0 aliphatic carbocycles. The van der Waals surface area contributed by atoms with Gasteiger partial charge < -0.3 is 10.0 Å². The molecule has 0 bridgehead atoms. The number of thiophene rings is 1. The molecule has 0 unspecified atom stereocenters. The molecular formula is C13H17N3OS. The maximum absolute atomic E-state index is 9.81. The molecule has 1 aliphatic rings. The van der Waals surface area contributed by atoms with Crippen LogP contribution in [0.15, 0.2) is 6.33 Å². The van der Waals surface area contributed by atoms with Crippen LogP contribution < -0.4 is 4.90 Å². The van der Waals surface area contributed by atoms with E-state index in [4.69, 9.17) is 0 Å². The molecule has 1 aliphatic heterocycles. The van der Waals surface area contributed by atoms with Gasteiger partial charge in [0.05, 0.1) is 11.5 Å². The molecule has 3 rings (SSSR count). The highest BCUT2D eigenvalue weighted by Crippen LogP contribution is 2.34. The molecule has 0 saturated carbocycles. The number of aliphatic hydroxyl groups excluding tert-OH is 1. The summed E-state index contributed by atoms with van der Waals surface area (Å²) < 4.78 is 0. The summed E-state index contributed by atoms with van der Waals surface area (Å²) in [6.07, 6.45) is 3.32. The monoisotopic (exact) mass is 263 g/mol. The normalized spacial score (nSPS) is 20.6. The van der Waals surface area contributed by atoms with Gasteiger partial charge >= 0.3 is 0 Å². The first-order valence-electron chi connectivity index (χ1n) is 6.30. The fourth-order valence-corrected chi connectivity index (χ4v) is 3.54. The molecule has 0 radical (unpaired) electrons. The lowest BCUT2D eigenvalue weighted by Crippen LogP contribution is -2.38. The van der Waals surface area contributed by atoms with Gasteiger partial charge in [-0.05, 0) is 32.3 Å². The Labute approximate surface area is 110 Å². The molecule has 1 fully saturated rings. The minimum absolute atomic E-state index is 0.233. The number of anilines is 1. The second-order valence-electron chi connectivity index (χ2n) is 4.90.